The zero-order chi connectivity index (χ0) is 9.84. The number of amides is 2. The topological polar surface area (TPSA) is 69.6 Å². The Bertz CT molecular complexity index is 211. The van der Waals surface area contributed by atoms with Crippen LogP contribution < -0.4 is 5.32 Å². The van der Waals surface area contributed by atoms with Gasteiger partial charge < -0.3 is 15.3 Å². The molecule has 1 fully saturated rings. The van der Waals surface area contributed by atoms with Gasteiger partial charge in [-0.2, -0.15) is 0 Å². The minimum Gasteiger partial charge on any atom is -0.481 e. The molecule has 0 saturated carbocycles. The summed E-state index contributed by atoms with van der Waals surface area (Å²) in [4.78, 5) is 23.1. The molecule has 2 amide bonds. The van der Waals surface area contributed by atoms with Crippen LogP contribution >= 0.6 is 0 Å². The van der Waals surface area contributed by atoms with Gasteiger partial charge in [0.05, 0.1) is 5.92 Å². The van der Waals surface area contributed by atoms with E-state index >= 15 is 0 Å². The Morgan fingerprint density at radius 1 is 1.54 bits per heavy atom. The molecule has 74 valence electrons. The maximum Gasteiger partial charge on any atom is 0.317 e. The summed E-state index contributed by atoms with van der Waals surface area (Å²) in [6.45, 7) is 3.29. The Kier molecular flexibility index (Phi) is 3.11. The molecule has 0 bridgehead atoms. The van der Waals surface area contributed by atoms with E-state index in [1.165, 1.54) is 4.90 Å². The summed E-state index contributed by atoms with van der Waals surface area (Å²) in [7, 11) is 0. The Morgan fingerprint density at radius 3 is 2.62 bits per heavy atom. The van der Waals surface area contributed by atoms with Crippen LogP contribution in [-0.4, -0.2) is 41.6 Å². The zero-order valence-electron chi connectivity index (χ0n) is 7.62. The van der Waals surface area contributed by atoms with Crippen LogP contribution in [0.1, 0.15) is 13.3 Å². The van der Waals surface area contributed by atoms with Crippen molar-refractivity contribution in [2.24, 2.45) is 5.92 Å². The molecule has 0 spiro atoms. The van der Waals surface area contributed by atoms with Gasteiger partial charge in [0.15, 0.2) is 0 Å². The van der Waals surface area contributed by atoms with Gasteiger partial charge in [-0.3, -0.25) is 4.79 Å². The predicted octanol–water partition coefficient (Wildman–Crippen LogP) is 0.122. The van der Waals surface area contributed by atoms with Gasteiger partial charge in [-0.1, -0.05) is 6.92 Å². The number of urea groups is 1. The number of carbonyl (C=O) groups excluding carboxylic acids is 1. The van der Waals surface area contributed by atoms with Gasteiger partial charge in [-0.05, 0) is 6.42 Å². The van der Waals surface area contributed by atoms with E-state index < -0.39 is 5.97 Å². The molecule has 1 heterocycles. The van der Waals surface area contributed by atoms with E-state index in [-0.39, 0.29) is 11.9 Å². The first kappa shape index (κ1) is 9.83. The second kappa shape index (κ2) is 4.11. The van der Waals surface area contributed by atoms with Crippen molar-refractivity contribution in [1.82, 2.24) is 10.2 Å². The minimum absolute atomic E-state index is 0.153. The first-order valence-electron chi connectivity index (χ1n) is 4.40. The molecule has 1 aliphatic heterocycles. The summed E-state index contributed by atoms with van der Waals surface area (Å²) >= 11 is 0. The lowest BCUT2D eigenvalue weighted by molar-refractivity contribution is -0.146. The zero-order valence-corrected chi connectivity index (χ0v) is 7.62. The quantitative estimate of drug-likeness (QED) is 0.657. The van der Waals surface area contributed by atoms with Crippen molar-refractivity contribution in [3.8, 4) is 0 Å². The third-order valence-corrected chi connectivity index (χ3v) is 2.04. The van der Waals surface area contributed by atoms with Crippen LogP contribution in [0.25, 0.3) is 0 Å². The Balaban J connectivity index is 2.19. The SMILES string of the molecule is CCCNC(=O)N1CC(C(=O)O)C1. The van der Waals surface area contributed by atoms with Gasteiger partial charge in [0.2, 0.25) is 0 Å². The van der Waals surface area contributed by atoms with Gasteiger partial charge in [0.25, 0.3) is 0 Å². The number of nitrogens with zero attached hydrogens (tertiary/aromatic N) is 1. The molecular formula is C8H14N2O3. The summed E-state index contributed by atoms with van der Waals surface area (Å²) in [5.41, 5.74) is 0. The van der Waals surface area contributed by atoms with Gasteiger partial charge in [0.1, 0.15) is 0 Å². The molecule has 13 heavy (non-hydrogen) atoms. The van der Waals surface area contributed by atoms with E-state index in [2.05, 4.69) is 5.32 Å². The fourth-order valence-electron chi connectivity index (χ4n) is 1.14. The largest absolute Gasteiger partial charge is 0.481 e. The lowest BCUT2D eigenvalue weighted by atomic mass is 10.0. The number of aliphatic carboxylic acids is 1. The third-order valence-electron chi connectivity index (χ3n) is 2.04. The summed E-state index contributed by atoms with van der Waals surface area (Å²) in [5.74, 6) is -1.19. The lowest BCUT2D eigenvalue weighted by Gasteiger charge is -2.36. The highest BCUT2D eigenvalue weighted by Gasteiger charge is 2.35. The van der Waals surface area contributed by atoms with Gasteiger partial charge in [-0.15, -0.1) is 0 Å². The van der Waals surface area contributed by atoms with Crippen LogP contribution in [0, 0.1) is 5.92 Å². The van der Waals surface area contributed by atoms with E-state index in [0.717, 1.165) is 6.42 Å². The first-order valence-corrected chi connectivity index (χ1v) is 4.40. The Morgan fingerprint density at radius 2 is 2.15 bits per heavy atom. The second-order valence-electron chi connectivity index (χ2n) is 3.17. The number of nitrogens with one attached hydrogen (secondary N) is 1. The number of hydrogen-bond acceptors (Lipinski definition) is 2. The number of carboxylic acids is 1. The standard InChI is InChI=1S/C8H14N2O3/c1-2-3-9-8(13)10-4-6(5-10)7(11)12/h6H,2-5H2,1H3,(H,9,13)(H,11,12). The highest BCUT2D eigenvalue weighted by Crippen LogP contribution is 2.14. The van der Waals surface area contributed by atoms with Crippen LogP contribution in [-0.2, 0) is 4.79 Å². The molecule has 0 aromatic carbocycles. The van der Waals surface area contributed by atoms with Crippen molar-refractivity contribution in [2.75, 3.05) is 19.6 Å². The number of rotatable bonds is 3. The number of likely N-dealkylation sites (tertiary alicyclic amines) is 1. The molecule has 0 aliphatic carbocycles. The van der Waals surface area contributed by atoms with E-state index in [1.54, 1.807) is 0 Å². The maximum atomic E-state index is 11.2. The summed E-state index contributed by atoms with van der Waals surface area (Å²) < 4.78 is 0. The maximum absolute atomic E-state index is 11.2. The van der Waals surface area contributed by atoms with Crippen LogP contribution in [0.2, 0.25) is 0 Å². The third kappa shape index (κ3) is 2.34. The summed E-state index contributed by atoms with van der Waals surface area (Å²) in [6.07, 6.45) is 0.891. The minimum atomic E-state index is -0.820. The monoisotopic (exact) mass is 186 g/mol. The fraction of sp³-hybridized carbons (Fsp3) is 0.750. The predicted molar refractivity (Wildman–Crippen MR) is 46.4 cm³/mol. The molecule has 2 N–H and O–H groups in total. The number of carboxylic acid groups (broad SMARTS) is 1. The van der Waals surface area contributed by atoms with E-state index in [1.807, 2.05) is 6.92 Å². The molecule has 0 aromatic rings. The lowest BCUT2D eigenvalue weighted by Crippen LogP contribution is -2.56. The molecule has 1 saturated heterocycles. The van der Waals surface area contributed by atoms with Crippen molar-refractivity contribution in [1.29, 1.82) is 0 Å². The van der Waals surface area contributed by atoms with Crippen molar-refractivity contribution >= 4 is 12.0 Å². The van der Waals surface area contributed by atoms with Crippen LogP contribution in [0.15, 0.2) is 0 Å². The fourth-order valence-corrected chi connectivity index (χ4v) is 1.14. The molecule has 0 atom stereocenters. The Hall–Kier alpha value is -1.26. The van der Waals surface area contributed by atoms with Gasteiger partial charge in [0, 0.05) is 19.6 Å². The molecule has 5 nitrogen and oxygen atoms in total. The Labute approximate surface area is 76.7 Å². The highest BCUT2D eigenvalue weighted by molar-refractivity contribution is 5.79. The van der Waals surface area contributed by atoms with Crippen molar-refractivity contribution in [3.63, 3.8) is 0 Å². The van der Waals surface area contributed by atoms with Crippen LogP contribution in [0.5, 0.6) is 0 Å². The van der Waals surface area contributed by atoms with Gasteiger partial charge >= 0.3 is 12.0 Å². The highest BCUT2D eigenvalue weighted by atomic mass is 16.4. The van der Waals surface area contributed by atoms with Crippen LogP contribution in [0.4, 0.5) is 4.79 Å². The van der Waals surface area contributed by atoms with Crippen molar-refractivity contribution in [2.45, 2.75) is 13.3 Å². The first-order chi connectivity index (χ1) is 6.15. The van der Waals surface area contributed by atoms with E-state index in [0.29, 0.717) is 19.6 Å². The molecule has 1 rings (SSSR count). The molecule has 5 heteroatoms. The second-order valence-corrected chi connectivity index (χ2v) is 3.17. The normalized spacial score (nSPS) is 16.5. The molecule has 0 radical (unpaired) electrons. The average Bonchev–Trinajstić information content (AvgIpc) is 1.97. The smallest absolute Gasteiger partial charge is 0.317 e. The van der Waals surface area contributed by atoms with Crippen molar-refractivity contribution < 1.29 is 14.7 Å². The number of carbonyl (C=O) groups is 2. The molecule has 1 aliphatic rings. The molecular weight excluding hydrogens is 172 g/mol. The van der Waals surface area contributed by atoms with Crippen LogP contribution in [0.3, 0.4) is 0 Å². The average molecular weight is 186 g/mol. The van der Waals surface area contributed by atoms with Gasteiger partial charge in [-0.25, -0.2) is 4.79 Å². The molecule has 0 aromatic heterocycles. The summed E-state index contributed by atoms with van der Waals surface area (Å²) in [6, 6.07) is -0.153. The molecule has 0 unspecified atom stereocenters. The summed E-state index contributed by atoms with van der Waals surface area (Å²) in [5, 5.41) is 11.2. The number of hydrogen-bond donors (Lipinski definition) is 2. The van der Waals surface area contributed by atoms with E-state index in [4.69, 9.17) is 5.11 Å². The van der Waals surface area contributed by atoms with E-state index in [9.17, 15) is 9.59 Å². The van der Waals surface area contributed by atoms with Crippen molar-refractivity contribution in [3.05, 3.63) is 0 Å².